The van der Waals surface area contributed by atoms with E-state index in [-0.39, 0.29) is 5.69 Å². The van der Waals surface area contributed by atoms with Gasteiger partial charge in [-0.1, -0.05) is 5.21 Å². The van der Waals surface area contributed by atoms with Gasteiger partial charge in [0.05, 0.1) is 6.20 Å². The largest absolute Gasteiger partial charge is 0.369 e. The molecule has 0 spiro atoms. The van der Waals surface area contributed by atoms with Crippen LogP contribution in [0.1, 0.15) is 16.9 Å². The van der Waals surface area contributed by atoms with Gasteiger partial charge in [-0.2, -0.15) is 0 Å². The van der Waals surface area contributed by atoms with Crippen LogP contribution in [-0.2, 0) is 6.54 Å². The molecule has 2 heterocycles. The third-order valence-electron chi connectivity index (χ3n) is 2.26. The lowest BCUT2D eigenvalue weighted by molar-refractivity contribution is 0.0994. The number of rotatable bonds is 6. The molecule has 0 saturated heterocycles. The molecule has 0 aliphatic rings. The minimum Gasteiger partial charge on any atom is -0.369 e. The van der Waals surface area contributed by atoms with Crippen molar-refractivity contribution in [1.29, 1.82) is 0 Å². The highest BCUT2D eigenvalue weighted by Crippen LogP contribution is 2.01. The van der Waals surface area contributed by atoms with Gasteiger partial charge in [-0.05, 0) is 18.6 Å². The van der Waals surface area contributed by atoms with E-state index in [0.717, 1.165) is 19.5 Å². The van der Waals surface area contributed by atoms with Crippen molar-refractivity contribution in [3.63, 3.8) is 0 Å². The van der Waals surface area contributed by atoms with E-state index in [1.807, 2.05) is 6.20 Å². The number of hydrogen-bond donors (Lipinski definition) is 2. The molecule has 0 saturated carbocycles. The molecule has 0 atom stereocenters. The number of amides is 1. The maximum atomic E-state index is 10.8. The average Bonchev–Trinajstić information content (AvgIpc) is 2.88. The molecule has 3 N–H and O–H groups in total. The first kappa shape index (κ1) is 12.0. The first-order valence-electron chi connectivity index (χ1n) is 5.47. The molecule has 0 radical (unpaired) electrons. The quantitative estimate of drug-likeness (QED) is 0.676. The Balaban J connectivity index is 1.75. The fraction of sp³-hybridized carbons (Fsp3) is 0.300. The molecular weight excluding hydrogens is 234 g/mol. The van der Waals surface area contributed by atoms with Crippen molar-refractivity contribution in [1.82, 2.24) is 25.2 Å². The van der Waals surface area contributed by atoms with Gasteiger partial charge in [-0.25, -0.2) is 0 Å². The molecule has 8 heteroatoms. The molecule has 94 valence electrons. The van der Waals surface area contributed by atoms with E-state index < -0.39 is 5.91 Å². The summed E-state index contributed by atoms with van der Waals surface area (Å²) in [6.45, 7) is 1.50. The van der Waals surface area contributed by atoms with E-state index in [4.69, 9.17) is 5.73 Å². The third kappa shape index (κ3) is 3.24. The maximum absolute atomic E-state index is 10.8. The topological polar surface area (TPSA) is 112 Å². The first-order valence-corrected chi connectivity index (χ1v) is 5.47. The smallest absolute Gasteiger partial charge is 0.269 e. The van der Waals surface area contributed by atoms with E-state index in [1.165, 1.54) is 6.07 Å². The van der Waals surface area contributed by atoms with Crippen LogP contribution in [-0.4, -0.2) is 37.6 Å². The second-order valence-electron chi connectivity index (χ2n) is 3.61. The van der Waals surface area contributed by atoms with E-state index in [1.54, 1.807) is 16.9 Å². The minimum absolute atomic E-state index is 0.156. The zero-order valence-corrected chi connectivity index (χ0v) is 9.65. The number of aryl methyl sites for hydroxylation is 1. The van der Waals surface area contributed by atoms with Gasteiger partial charge < -0.3 is 11.1 Å². The van der Waals surface area contributed by atoms with Crippen LogP contribution in [0.2, 0.25) is 0 Å². The van der Waals surface area contributed by atoms with Crippen LogP contribution in [0.4, 0.5) is 5.82 Å². The lowest BCUT2D eigenvalue weighted by Crippen LogP contribution is -2.14. The lowest BCUT2D eigenvalue weighted by Gasteiger charge is -2.04. The summed E-state index contributed by atoms with van der Waals surface area (Å²) in [7, 11) is 0. The summed E-state index contributed by atoms with van der Waals surface area (Å²) in [5.41, 5.74) is 5.22. The molecule has 0 aliphatic heterocycles. The van der Waals surface area contributed by atoms with Crippen molar-refractivity contribution < 1.29 is 4.79 Å². The molecule has 0 aliphatic carbocycles. The van der Waals surface area contributed by atoms with Gasteiger partial charge >= 0.3 is 0 Å². The Morgan fingerprint density at radius 3 is 2.89 bits per heavy atom. The van der Waals surface area contributed by atoms with Gasteiger partial charge in [-0.15, -0.1) is 15.3 Å². The van der Waals surface area contributed by atoms with E-state index in [9.17, 15) is 4.79 Å². The van der Waals surface area contributed by atoms with Gasteiger partial charge in [0, 0.05) is 19.3 Å². The van der Waals surface area contributed by atoms with Crippen molar-refractivity contribution in [2.75, 3.05) is 11.9 Å². The van der Waals surface area contributed by atoms with Crippen LogP contribution in [0.3, 0.4) is 0 Å². The highest BCUT2D eigenvalue weighted by Gasteiger charge is 2.02. The Hall–Kier alpha value is -2.51. The fourth-order valence-corrected chi connectivity index (χ4v) is 1.37. The molecule has 2 aromatic heterocycles. The average molecular weight is 247 g/mol. The van der Waals surface area contributed by atoms with Crippen LogP contribution in [0, 0.1) is 0 Å². The van der Waals surface area contributed by atoms with Crippen LogP contribution < -0.4 is 11.1 Å². The van der Waals surface area contributed by atoms with Crippen molar-refractivity contribution in [2.45, 2.75) is 13.0 Å². The molecular formula is C10H13N7O. The van der Waals surface area contributed by atoms with Gasteiger partial charge in [-0.3, -0.25) is 9.48 Å². The molecule has 0 aromatic carbocycles. The molecule has 2 rings (SSSR count). The second kappa shape index (κ2) is 5.71. The number of aromatic nitrogens is 5. The Labute approximate surface area is 103 Å². The summed E-state index contributed by atoms with van der Waals surface area (Å²) in [4.78, 5) is 10.8. The number of carbonyl (C=O) groups excluding carboxylic acids is 1. The monoisotopic (exact) mass is 247 g/mol. The normalized spacial score (nSPS) is 10.2. The number of nitrogens with two attached hydrogens (primary N) is 1. The summed E-state index contributed by atoms with van der Waals surface area (Å²) in [6.07, 6.45) is 4.32. The molecule has 18 heavy (non-hydrogen) atoms. The highest BCUT2D eigenvalue weighted by molar-refractivity contribution is 5.90. The minimum atomic E-state index is -0.583. The van der Waals surface area contributed by atoms with Gasteiger partial charge in [0.25, 0.3) is 5.91 Å². The van der Waals surface area contributed by atoms with E-state index >= 15 is 0 Å². The molecule has 2 aromatic rings. The van der Waals surface area contributed by atoms with Gasteiger partial charge in [0.15, 0.2) is 5.69 Å². The van der Waals surface area contributed by atoms with Crippen molar-refractivity contribution in [3.05, 3.63) is 30.2 Å². The summed E-state index contributed by atoms with van der Waals surface area (Å²) >= 11 is 0. The molecule has 1 amide bonds. The number of primary amides is 1. The fourth-order valence-electron chi connectivity index (χ4n) is 1.37. The van der Waals surface area contributed by atoms with Gasteiger partial charge in [0.2, 0.25) is 0 Å². The molecule has 0 fully saturated rings. The molecule has 0 unspecified atom stereocenters. The first-order chi connectivity index (χ1) is 8.75. The summed E-state index contributed by atoms with van der Waals surface area (Å²) in [5.74, 6) is 0.0267. The predicted octanol–water partition coefficient (Wildman–Crippen LogP) is -0.331. The Morgan fingerprint density at radius 2 is 2.28 bits per heavy atom. The maximum Gasteiger partial charge on any atom is 0.269 e. The number of hydrogen-bond acceptors (Lipinski definition) is 6. The second-order valence-corrected chi connectivity index (χ2v) is 3.61. The van der Waals surface area contributed by atoms with E-state index in [2.05, 4.69) is 25.8 Å². The summed E-state index contributed by atoms with van der Waals surface area (Å²) in [5, 5.41) is 18.2. The summed E-state index contributed by atoms with van der Waals surface area (Å²) in [6, 6.07) is 3.21. The van der Waals surface area contributed by atoms with Crippen LogP contribution >= 0.6 is 0 Å². The van der Waals surface area contributed by atoms with E-state index in [0.29, 0.717) is 5.82 Å². The standard InChI is InChI=1S/C10H13N7O/c11-10(18)8-2-3-9(15-14-8)12-4-1-6-17-7-5-13-16-17/h2-3,5,7H,1,4,6H2,(H2,11,18)(H,12,15). The van der Waals surface area contributed by atoms with Crippen LogP contribution in [0.15, 0.2) is 24.5 Å². The van der Waals surface area contributed by atoms with Crippen molar-refractivity contribution in [3.8, 4) is 0 Å². The van der Waals surface area contributed by atoms with Crippen LogP contribution in [0.5, 0.6) is 0 Å². The lowest BCUT2D eigenvalue weighted by atomic mass is 10.3. The zero-order valence-electron chi connectivity index (χ0n) is 9.65. The Morgan fingerprint density at radius 1 is 1.39 bits per heavy atom. The number of carbonyl (C=O) groups is 1. The summed E-state index contributed by atoms with van der Waals surface area (Å²) < 4.78 is 1.75. The number of anilines is 1. The molecule has 8 nitrogen and oxygen atoms in total. The Kier molecular flexibility index (Phi) is 3.79. The predicted molar refractivity (Wildman–Crippen MR) is 63.7 cm³/mol. The SMILES string of the molecule is NC(=O)c1ccc(NCCCn2ccnn2)nn1. The van der Waals surface area contributed by atoms with Crippen molar-refractivity contribution in [2.24, 2.45) is 5.73 Å². The van der Waals surface area contributed by atoms with Crippen molar-refractivity contribution >= 4 is 11.7 Å². The van der Waals surface area contributed by atoms with Gasteiger partial charge in [0.1, 0.15) is 5.82 Å². The number of nitrogens with one attached hydrogen (secondary N) is 1. The molecule has 0 bridgehead atoms. The zero-order chi connectivity index (χ0) is 12.8. The third-order valence-corrected chi connectivity index (χ3v) is 2.26. The number of nitrogens with zero attached hydrogens (tertiary/aromatic N) is 5. The Bertz CT molecular complexity index is 493. The highest BCUT2D eigenvalue weighted by atomic mass is 16.1. The van der Waals surface area contributed by atoms with Crippen LogP contribution in [0.25, 0.3) is 0 Å².